The second kappa shape index (κ2) is 8.64. The van der Waals surface area contributed by atoms with E-state index in [2.05, 4.69) is 9.88 Å². The Hall–Kier alpha value is -2.46. The van der Waals surface area contributed by atoms with Gasteiger partial charge in [-0.2, -0.15) is 13.2 Å². The lowest BCUT2D eigenvalue weighted by atomic mass is 9.82. The molecule has 0 bridgehead atoms. The summed E-state index contributed by atoms with van der Waals surface area (Å²) in [6.45, 7) is 5.85. The summed E-state index contributed by atoms with van der Waals surface area (Å²) in [6.07, 6.45) is -1.20. The van der Waals surface area contributed by atoms with E-state index in [1.807, 2.05) is 0 Å². The van der Waals surface area contributed by atoms with Gasteiger partial charge in [-0.3, -0.25) is 9.78 Å². The van der Waals surface area contributed by atoms with Crippen LogP contribution in [0.25, 0.3) is 0 Å². The molecule has 0 aromatic carbocycles. The molecule has 4 aliphatic rings. The van der Waals surface area contributed by atoms with E-state index in [1.54, 1.807) is 6.92 Å². The standard InChI is InChI=1S/C24H28F3N3O4/c1-15-20(21(31)30-6-2-19-17(13-30)10-18(11-28-19)24(25,26)27)23(34-22(15)32)4-7-29(8-5-23)12-16-3-9-33-14-16/h10-11,16H,2-9,12-14H2,1H3/t16-/m0/s1. The Morgan fingerprint density at radius 3 is 2.71 bits per heavy atom. The molecule has 0 radical (unpaired) electrons. The van der Waals surface area contributed by atoms with E-state index >= 15 is 0 Å². The molecule has 1 aromatic heterocycles. The van der Waals surface area contributed by atoms with Crippen molar-refractivity contribution in [2.45, 2.75) is 50.9 Å². The van der Waals surface area contributed by atoms with Crippen LogP contribution in [0.3, 0.4) is 0 Å². The van der Waals surface area contributed by atoms with Crippen LogP contribution in [-0.4, -0.2) is 71.7 Å². The molecule has 1 atom stereocenters. The summed E-state index contributed by atoms with van der Waals surface area (Å²) in [5.74, 6) is -0.314. The monoisotopic (exact) mass is 479 g/mol. The quantitative estimate of drug-likeness (QED) is 0.621. The maximum absolute atomic E-state index is 13.6. The second-order valence-corrected chi connectivity index (χ2v) is 9.72. The molecule has 184 valence electrons. The topological polar surface area (TPSA) is 72.0 Å². The predicted molar refractivity (Wildman–Crippen MR) is 114 cm³/mol. The second-order valence-electron chi connectivity index (χ2n) is 9.72. The van der Waals surface area contributed by atoms with Crippen LogP contribution >= 0.6 is 0 Å². The lowest BCUT2D eigenvalue weighted by molar-refractivity contribution is -0.151. The average molecular weight is 479 g/mol. The Balaban J connectivity index is 1.33. The van der Waals surface area contributed by atoms with Crippen LogP contribution in [0, 0.1) is 5.92 Å². The van der Waals surface area contributed by atoms with Crippen molar-refractivity contribution in [3.63, 3.8) is 0 Å². The average Bonchev–Trinajstić information content (AvgIpc) is 3.40. The van der Waals surface area contributed by atoms with Gasteiger partial charge in [0.15, 0.2) is 0 Å². The first-order chi connectivity index (χ1) is 16.2. The number of nitrogens with zero attached hydrogens (tertiary/aromatic N) is 3. The van der Waals surface area contributed by atoms with E-state index in [0.717, 1.165) is 38.4 Å². The van der Waals surface area contributed by atoms with Gasteiger partial charge in [0, 0.05) is 76.1 Å². The maximum atomic E-state index is 13.6. The van der Waals surface area contributed by atoms with Crippen LogP contribution in [0.2, 0.25) is 0 Å². The number of hydrogen-bond acceptors (Lipinski definition) is 6. The van der Waals surface area contributed by atoms with Gasteiger partial charge >= 0.3 is 12.1 Å². The van der Waals surface area contributed by atoms with E-state index in [-0.39, 0.29) is 12.5 Å². The predicted octanol–water partition coefficient (Wildman–Crippen LogP) is 2.73. The number of halogens is 3. The van der Waals surface area contributed by atoms with Gasteiger partial charge in [-0.1, -0.05) is 0 Å². The SMILES string of the molecule is CC1=C(C(=O)N2CCc3ncc(C(F)(F)F)cc3C2)C2(CCN(C[C@@H]3CCOC3)CC2)OC1=O. The lowest BCUT2D eigenvalue weighted by Crippen LogP contribution is -2.50. The van der Waals surface area contributed by atoms with E-state index in [9.17, 15) is 22.8 Å². The Kier molecular flexibility index (Phi) is 5.92. The number of carbonyl (C=O) groups is 2. The highest BCUT2D eigenvalue weighted by molar-refractivity contribution is 6.07. The number of hydrogen-bond donors (Lipinski definition) is 0. The highest BCUT2D eigenvalue weighted by Crippen LogP contribution is 2.42. The molecule has 0 N–H and O–H groups in total. The van der Waals surface area contributed by atoms with Crippen molar-refractivity contribution in [2.75, 3.05) is 39.4 Å². The lowest BCUT2D eigenvalue weighted by Gasteiger charge is -2.41. The molecule has 2 saturated heterocycles. The Labute approximate surface area is 195 Å². The van der Waals surface area contributed by atoms with E-state index < -0.39 is 23.3 Å². The van der Waals surface area contributed by atoms with Gasteiger partial charge in [-0.25, -0.2) is 4.79 Å². The Morgan fingerprint density at radius 2 is 2.03 bits per heavy atom. The zero-order valence-electron chi connectivity index (χ0n) is 19.1. The number of likely N-dealkylation sites (tertiary alicyclic amines) is 1. The first-order valence-corrected chi connectivity index (χ1v) is 11.8. The third-order valence-electron chi connectivity index (χ3n) is 7.50. The number of rotatable bonds is 3. The van der Waals surface area contributed by atoms with Gasteiger partial charge in [-0.05, 0) is 30.9 Å². The van der Waals surface area contributed by atoms with Gasteiger partial charge < -0.3 is 19.3 Å². The molecule has 0 saturated carbocycles. The van der Waals surface area contributed by atoms with Crippen molar-refractivity contribution in [2.24, 2.45) is 5.92 Å². The molecule has 4 aliphatic heterocycles. The number of esters is 1. The van der Waals surface area contributed by atoms with Crippen LogP contribution in [0.5, 0.6) is 0 Å². The van der Waals surface area contributed by atoms with Gasteiger partial charge in [0.05, 0.1) is 17.7 Å². The van der Waals surface area contributed by atoms with Crippen LogP contribution in [-0.2, 0) is 38.2 Å². The number of pyridine rings is 1. The van der Waals surface area contributed by atoms with Crippen molar-refractivity contribution in [1.82, 2.24) is 14.8 Å². The molecule has 5 rings (SSSR count). The third kappa shape index (κ3) is 4.22. The number of fused-ring (bicyclic) bond motifs is 1. The minimum atomic E-state index is -4.50. The van der Waals surface area contributed by atoms with Gasteiger partial charge in [0.1, 0.15) is 5.60 Å². The van der Waals surface area contributed by atoms with Gasteiger partial charge in [0.25, 0.3) is 5.91 Å². The molecule has 2 fully saturated rings. The first-order valence-electron chi connectivity index (χ1n) is 11.8. The third-order valence-corrected chi connectivity index (χ3v) is 7.50. The number of piperidine rings is 1. The summed E-state index contributed by atoms with van der Waals surface area (Å²) in [4.78, 5) is 34.0. The van der Waals surface area contributed by atoms with Crippen molar-refractivity contribution < 1.29 is 32.2 Å². The maximum Gasteiger partial charge on any atom is 0.417 e. The molecule has 1 aromatic rings. The number of aromatic nitrogens is 1. The van der Waals surface area contributed by atoms with E-state index in [0.29, 0.717) is 67.2 Å². The molecule has 0 aliphatic carbocycles. The summed E-state index contributed by atoms with van der Waals surface area (Å²) in [5.41, 5.74) is -0.166. The van der Waals surface area contributed by atoms with Crippen LogP contribution in [0.15, 0.2) is 23.4 Å². The van der Waals surface area contributed by atoms with Crippen molar-refractivity contribution >= 4 is 11.9 Å². The van der Waals surface area contributed by atoms with E-state index in [1.165, 1.54) is 4.90 Å². The Bertz CT molecular complexity index is 1020. The number of amides is 1. The number of ether oxygens (including phenoxy) is 2. The fourth-order valence-electron chi connectivity index (χ4n) is 5.56. The normalized spacial score (nSPS) is 25.1. The summed E-state index contributed by atoms with van der Waals surface area (Å²) in [7, 11) is 0. The molecule has 5 heterocycles. The van der Waals surface area contributed by atoms with Crippen LogP contribution in [0.4, 0.5) is 13.2 Å². The minimum Gasteiger partial charge on any atom is -0.450 e. The molecule has 1 spiro atoms. The largest absolute Gasteiger partial charge is 0.450 e. The highest BCUT2D eigenvalue weighted by Gasteiger charge is 2.52. The zero-order valence-corrected chi connectivity index (χ0v) is 19.1. The van der Waals surface area contributed by atoms with Crippen molar-refractivity contribution in [1.29, 1.82) is 0 Å². The fraction of sp³-hybridized carbons (Fsp3) is 0.625. The first kappa shape index (κ1) is 23.3. The molecule has 1 amide bonds. The summed E-state index contributed by atoms with van der Waals surface area (Å²) < 4.78 is 50.7. The van der Waals surface area contributed by atoms with Crippen LogP contribution < -0.4 is 0 Å². The fourth-order valence-corrected chi connectivity index (χ4v) is 5.56. The minimum absolute atomic E-state index is 0.0277. The molecular formula is C24H28F3N3O4. The van der Waals surface area contributed by atoms with Crippen molar-refractivity contribution in [3.05, 3.63) is 40.2 Å². The van der Waals surface area contributed by atoms with Gasteiger partial charge in [0.2, 0.25) is 0 Å². The Morgan fingerprint density at radius 1 is 1.26 bits per heavy atom. The van der Waals surface area contributed by atoms with Gasteiger partial charge in [-0.15, -0.1) is 0 Å². The molecule has 10 heteroatoms. The summed E-state index contributed by atoms with van der Waals surface area (Å²) in [5, 5.41) is 0. The van der Waals surface area contributed by atoms with Crippen LogP contribution in [0.1, 0.15) is 43.0 Å². The molecule has 34 heavy (non-hydrogen) atoms. The van der Waals surface area contributed by atoms with E-state index in [4.69, 9.17) is 9.47 Å². The summed E-state index contributed by atoms with van der Waals surface area (Å²) in [6, 6.07) is 1.07. The number of alkyl halides is 3. The van der Waals surface area contributed by atoms with Crippen molar-refractivity contribution in [3.8, 4) is 0 Å². The summed E-state index contributed by atoms with van der Waals surface area (Å²) >= 11 is 0. The smallest absolute Gasteiger partial charge is 0.417 e. The molecular weight excluding hydrogens is 451 g/mol. The molecule has 0 unspecified atom stereocenters. The zero-order chi connectivity index (χ0) is 24.1. The highest BCUT2D eigenvalue weighted by atomic mass is 19.4. The molecule has 7 nitrogen and oxygen atoms in total. The number of carbonyl (C=O) groups excluding carboxylic acids is 2.